The van der Waals surface area contributed by atoms with Crippen LogP contribution in [0.5, 0.6) is 17.2 Å². The molecule has 2 amide bonds. The van der Waals surface area contributed by atoms with Crippen LogP contribution in [0, 0.1) is 5.82 Å². The Balaban J connectivity index is 1.40. The Morgan fingerprint density at radius 3 is 2.56 bits per heavy atom. The lowest BCUT2D eigenvalue weighted by molar-refractivity contribution is -0.121. The summed E-state index contributed by atoms with van der Waals surface area (Å²) >= 11 is 0. The van der Waals surface area contributed by atoms with Gasteiger partial charge in [-0.25, -0.2) is 4.39 Å². The fourth-order valence-corrected chi connectivity index (χ4v) is 3.38. The molecule has 0 aliphatic carbocycles. The topological polar surface area (TPSA) is 77.1 Å². The number of carbonyl (C=O) groups is 2. The SMILES string of the molecule is COc1ccc(OCCN2C(=O)COc3ccc(NC(=O)/C=C/c4ccc(F)cc4)cc32)cc1. The van der Waals surface area contributed by atoms with Crippen molar-refractivity contribution < 1.29 is 28.2 Å². The van der Waals surface area contributed by atoms with Gasteiger partial charge in [-0.1, -0.05) is 12.1 Å². The maximum atomic E-state index is 13.0. The molecule has 3 aromatic rings. The van der Waals surface area contributed by atoms with Crippen LogP contribution in [0.1, 0.15) is 5.56 Å². The van der Waals surface area contributed by atoms with Gasteiger partial charge in [-0.05, 0) is 66.2 Å². The molecule has 1 aliphatic heterocycles. The van der Waals surface area contributed by atoms with Gasteiger partial charge in [0.25, 0.3) is 5.91 Å². The minimum atomic E-state index is -0.360. The second-order valence-corrected chi connectivity index (χ2v) is 7.41. The number of methoxy groups -OCH3 is 1. The average molecular weight is 462 g/mol. The van der Waals surface area contributed by atoms with Gasteiger partial charge in [0.1, 0.15) is 29.7 Å². The van der Waals surface area contributed by atoms with E-state index in [0.717, 1.165) is 5.75 Å². The molecule has 1 aliphatic rings. The third-order valence-electron chi connectivity index (χ3n) is 5.11. The van der Waals surface area contributed by atoms with Crippen molar-refractivity contribution in [2.45, 2.75) is 0 Å². The molecule has 0 fully saturated rings. The molecule has 34 heavy (non-hydrogen) atoms. The van der Waals surface area contributed by atoms with Crippen LogP contribution in [-0.4, -0.2) is 38.7 Å². The molecule has 0 bridgehead atoms. The van der Waals surface area contributed by atoms with E-state index in [1.165, 1.54) is 18.2 Å². The Hall–Kier alpha value is -4.33. The van der Waals surface area contributed by atoms with Gasteiger partial charge >= 0.3 is 0 Å². The first-order valence-electron chi connectivity index (χ1n) is 10.6. The summed E-state index contributed by atoms with van der Waals surface area (Å²) in [5.74, 6) is 1.03. The van der Waals surface area contributed by atoms with Crippen molar-refractivity contribution in [3.05, 3.63) is 84.2 Å². The van der Waals surface area contributed by atoms with E-state index < -0.39 is 0 Å². The Bertz CT molecular complexity index is 1190. The van der Waals surface area contributed by atoms with Crippen molar-refractivity contribution in [2.75, 3.05) is 37.1 Å². The van der Waals surface area contributed by atoms with Gasteiger partial charge in [-0.2, -0.15) is 0 Å². The van der Waals surface area contributed by atoms with Gasteiger partial charge in [0.05, 0.1) is 19.3 Å². The molecule has 0 saturated heterocycles. The lowest BCUT2D eigenvalue weighted by Crippen LogP contribution is -2.41. The first-order valence-corrected chi connectivity index (χ1v) is 10.6. The third-order valence-corrected chi connectivity index (χ3v) is 5.11. The molecule has 0 unspecified atom stereocenters. The molecule has 0 atom stereocenters. The normalized spacial score (nSPS) is 12.8. The van der Waals surface area contributed by atoms with Crippen molar-refractivity contribution >= 4 is 29.3 Å². The van der Waals surface area contributed by atoms with Crippen LogP contribution < -0.4 is 24.4 Å². The molecule has 1 heterocycles. The minimum absolute atomic E-state index is 0.0678. The third kappa shape index (κ3) is 5.72. The van der Waals surface area contributed by atoms with Crippen LogP contribution in [-0.2, 0) is 9.59 Å². The number of rotatable bonds is 8. The molecular weight excluding hydrogens is 439 g/mol. The van der Waals surface area contributed by atoms with Crippen LogP contribution in [0.2, 0.25) is 0 Å². The first-order chi connectivity index (χ1) is 16.5. The number of benzene rings is 3. The van der Waals surface area contributed by atoms with Crippen molar-refractivity contribution in [3.63, 3.8) is 0 Å². The number of fused-ring (bicyclic) bond motifs is 1. The quantitative estimate of drug-likeness (QED) is 0.506. The van der Waals surface area contributed by atoms with Crippen LogP contribution in [0.3, 0.4) is 0 Å². The number of halogens is 1. The standard InChI is InChI=1S/C26H23FN2O5/c1-32-21-8-10-22(11-9-21)33-15-14-29-23-16-20(7-12-24(23)34-17-26(29)31)28-25(30)13-4-18-2-5-19(27)6-3-18/h2-13,16H,14-15,17H2,1H3,(H,28,30)/b13-4+. The zero-order valence-corrected chi connectivity index (χ0v) is 18.5. The Morgan fingerprint density at radius 2 is 1.82 bits per heavy atom. The van der Waals surface area contributed by atoms with E-state index in [4.69, 9.17) is 14.2 Å². The minimum Gasteiger partial charge on any atom is -0.497 e. The summed E-state index contributed by atoms with van der Waals surface area (Å²) in [4.78, 5) is 26.4. The van der Waals surface area contributed by atoms with E-state index in [2.05, 4.69) is 5.32 Å². The van der Waals surface area contributed by atoms with Gasteiger partial charge in [-0.15, -0.1) is 0 Å². The number of hydrogen-bond donors (Lipinski definition) is 1. The lowest BCUT2D eigenvalue weighted by atomic mass is 10.2. The highest BCUT2D eigenvalue weighted by Gasteiger charge is 2.26. The van der Waals surface area contributed by atoms with E-state index in [-0.39, 0.29) is 30.8 Å². The largest absolute Gasteiger partial charge is 0.497 e. The van der Waals surface area contributed by atoms with Crippen LogP contribution in [0.25, 0.3) is 6.08 Å². The van der Waals surface area contributed by atoms with Gasteiger partial charge < -0.3 is 24.4 Å². The number of nitrogens with one attached hydrogen (secondary N) is 1. The first kappa shape index (κ1) is 22.8. The van der Waals surface area contributed by atoms with Crippen molar-refractivity contribution in [3.8, 4) is 17.2 Å². The molecule has 7 nitrogen and oxygen atoms in total. The number of ether oxygens (including phenoxy) is 3. The summed E-state index contributed by atoms with van der Waals surface area (Å²) in [6, 6.07) is 18.1. The monoisotopic (exact) mass is 462 g/mol. The van der Waals surface area contributed by atoms with Gasteiger partial charge in [0.2, 0.25) is 5.91 Å². The molecule has 8 heteroatoms. The summed E-state index contributed by atoms with van der Waals surface area (Å²) < 4.78 is 29.4. The van der Waals surface area contributed by atoms with Crippen LogP contribution in [0.4, 0.5) is 15.8 Å². The fraction of sp³-hybridized carbons (Fsp3) is 0.154. The molecule has 0 aromatic heterocycles. The Kier molecular flexibility index (Phi) is 7.07. The number of carbonyl (C=O) groups excluding carboxylic acids is 2. The molecule has 0 saturated carbocycles. The van der Waals surface area contributed by atoms with Gasteiger partial charge in [0.15, 0.2) is 6.61 Å². The maximum absolute atomic E-state index is 13.0. The second kappa shape index (κ2) is 10.5. The smallest absolute Gasteiger partial charge is 0.265 e. The molecule has 3 aromatic carbocycles. The number of amides is 2. The molecular formula is C26H23FN2O5. The highest BCUT2D eigenvalue weighted by Crippen LogP contribution is 2.34. The van der Waals surface area contributed by atoms with E-state index in [1.807, 2.05) is 0 Å². The van der Waals surface area contributed by atoms with Crippen LogP contribution in [0.15, 0.2) is 72.8 Å². The zero-order valence-electron chi connectivity index (χ0n) is 18.5. The zero-order chi connectivity index (χ0) is 23.9. The van der Waals surface area contributed by atoms with E-state index >= 15 is 0 Å². The second-order valence-electron chi connectivity index (χ2n) is 7.41. The predicted octanol–water partition coefficient (Wildman–Crippen LogP) is 4.29. The summed E-state index contributed by atoms with van der Waals surface area (Å²) in [7, 11) is 1.59. The Morgan fingerprint density at radius 1 is 1.09 bits per heavy atom. The van der Waals surface area contributed by atoms with Crippen molar-refractivity contribution in [1.29, 1.82) is 0 Å². The Labute approximate surface area is 196 Å². The van der Waals surface area contributed by atoms with Gasteiger partial charge in [-0.3, -0.25) is 9.59 Å². The number of nitrogens with zero attached hydrogens (tertiary/aromatic N) is 1. The predicted molar refractivity (Wildman–Crippen MR) is 127 cm³/mol. The molecule has 4 rings (SSSR count). The molecule has 174 valence electrons. The highest BCUT2D eigenvalue weighted by molar-refractivity contribution is 6.03. The fourth-order valence-electron chi connectivity index (χ4n) is 3.38. The molecule has 0 spiro atoms. The number of hydrogen-bond acceptors (Lipinski definition) is 5. The highest BCUT2D eigenvalue weighted by atomic mass is 19.1. The van der Waals surface area contributed by atoms with Crippen LogP contribution >= 0.6 is 0 Å². The van der Waals surface area contributed by atoms with E-state index in [9.17, 15) is 14.0 Å². The van der Waals surface area contributed by atoms with Crippen molar-refractivity contribution in [1.82, 2.24) is 0 Å². The summed E-state index contributed by atoms with van der Waals surface area (Å²) in [6.07, 6.45) is 2.94. The summed E-state index contributed by atoms with van der Waals surface area (Å²) in [5, 5.41) is 2.77. The van der Waals surface area contributed by atoms with E-state index in [0.29, 0.717) is 35.0 Å². The molecule has 0 radical (unpaired) electrons. The van der Waals surface area contributed by atoms with Gasteiger partial charge in [0, 0.05) is 11.8 Å². The average Bonchev–Trinajstić information content (AvgIpc) is 2.85. The number of anilines is 2. The summed E-state index contributed by atoms with van der Waals surface area (Å²) in [5.41, 5.74) is 1.76. The lowest BCUT2D eigenvalue weighted by Gasteiger charge is -2.29. The molecule has 1 N–H and O–H groups in total. The summed E-state index contributed by atoms with van der Waals surface area (Å²) in [6.45, 7) is 0.513. The van der Waals surface area contributed by atoms with E-state index in [1.54, 1.807) is 72.7 Å². The van der Waals surface area contributed by atoms with Crippen molar-refractivity contribution in [2.24, 2.45) is 0 Å². The maximum Gasteiger partial charge on any atom is 0.265 e.